The highest BCUT2D eigenvalue weighted by Crippen LogP contribution is 2.33. The first-order valence-electron chi connectivity index (χ1n) is 10.3. The predicted octanol–water partition coefficient (Wildman–Crippen LogP) is 2.69. The Bertz CT molecular complexity index is 1230. The molecule has 1 N–H and O–H groups in total. The normalized spacial score (nSPS) is 16.5. The smallest absolute Gasteiger partial charge is 0.243 e. The van der Waals surface area contributed by atoms with Gasteiger partial charge in [-0.15, -0.1) is 11.3 Å². The van der Waals surface area contributed by atoms with E-state index in [1.54, 1.807) is 18.5 Å². The summed E-state index contributed by atoms with van der Waals surface area (Å²) < 4.78 is 38.2. The number of rotatable bonds is 8. The summed E-state index contributed by atoms with van der Waals surface area (Å²) >= 11 is 1.46. The lowest BCUT2D eigenvalue weighted by Gasteiger charge is -2.23. The molecular formula is C22H24N4O5S2. The van der Waals surface area contributed by atoms with Crippen LogP contribution in [0.4, 0.5) is 0 Å². The maximum atomic E-state index is 13.3. The number of hydrogen-bond donors (Lipinski definition) is 1. The molecule has 174 valence electrons. The summed E-state index contributed by atoms with van der Waals surface area (Å²) in [5, 5.41) is 5.52. The molecule has 0 bridgehead atoms. The van der Waals surface area contributed by atoms with E-state index in [-0.39, 0.29) is 23.9 Å². The molecule has 3 aromatic rings. The summed E-state index contributed by atoms with van der Waals surface area (Å²) in [6.07, 6.45) is 4.49. The predicted molar refractivity (Wildman–Crippen MR) is 124 cm³/mol. The molecular weight excluding hydrogens is 464 g/mol. The van der Waals surface area contributed by atoms with Crippen LogP contribution < -0.4 is 14.8 Å². The van der Waals surface area contributed by atoms with Gasteiger partial charge in [-0.3, -0.25) is 9.78 Å². The fraction of sp³-hybridized carbons (Fsp3) is 0.318. The minimum atomic E-state index is -3.89. The van der Waals surface area contributed by atoms with Crippen molar-refractivity contribution in [1.29, 1.82) is 0 Å². The molecule has 0 spiro atoms. The highest BCUT2D eigenvalue weighted by atomic mass is 32.2. The van der Waals surface area contributed by atoms with Crippen molar-refractivity contribution in [2.75, 3.05) is 20.8 Å². The summed E-state index contributed by atoms with van der Waals surface area (Å²) in [7, 11) is -0.965. The highest BCUT2D eigenvalue weighted by molar-refractivity contribution is 7.89. The lowest BCUT2D eigenvalue weighted by molar-refractivity contribution is -0.124. The monoisotopic (exact) mass is 488 g/mol. The number of thiazole rings is 1. The summed E-state index contributed by atoms with van der Waals surface area (Å²) in [5.41, 5.74) is 1.61. The summed E-state index contributed by atoms with van der Waals surface area (Å²) in [4.78, 5) is 21.6. The average molecular weight is 489 g/mol. The second kappa shape index (κ2) is 9.86. The third-order valence-corrected chi connectivity index (χ3v) is 8.22. The first-order chi connectivity index (χ1) is 15.9. The molecule has 0 radical (unpaired) electrons. The summed E-state index contributed by atoms with van der Waals surface area (Å²) in [5.74, 6) is 0.403. The number of sulfonamides is 1. The number of benzene rings is 1. The van der Waals surface area contributed by atoms with E-state index in [2.05, 4.69) is 15.3 Å². The Morgan fingerprint density at radius 2 is 2.06 bits per heavy atom. The van der Waals surface area contributed by atoms with Crippen molar-refractivity contribution in [3.05, 3.63) is 53.8 Å². The van der Waals surface area contributed by atoms with E-state index in [1.165, 1.54) is 42.0 Å². The molecule has 2 aromatic heterocycles. The minimum absolute atomic E-state index is 0.0560. The number of methoxy groups -OCH3 is 2. The van der Waals surface area contributed by atoms with Crippen molar-refractivity contribution < 1.29 is 22.7 Å². The minimum Gasteiger partial charge on any atom is -0.493 e. The fourth-order valence-electron chi connectivity index (χ4n) is 3.71. The van der Waals surface area contributed by atoms with Crippen molar-refractivity contribution in [2.24, 2.45) is 0 Å². The number of carbonyl (C=O) groups excluding carboxylic acids is 1. The van der Waals surface area contributed by atoms with Gasteiger partial charge in [0.1, 0.15) is 11.0 Å². The molecule has 3 heterocycles. The molecule has 1 aromatic carbocycles. The largest absolute Gasteiger partial charge is 0.493 e. The van der Waals surface area contributed by atoms with Gasteiger partial charge in [0.2, 0.25) is 15.9 Å². The Labute approximate surface area is 196 Å². The molecule has 1 aliphatic heterocycles. The number of nitrogens with one attached hydrogen (secondary N) is 1. The van der Waals surface area contributed by atoms with E-state index >= 15 is 0 Å². The first-order valence-corrected chi connectivity index (χ1v) is 12.6. The summed E-state index contributed by atoms with van der Waals surface area (Å²) in [6, 6.07) is 7.39. The zero-order valence-electron chi connectivity index (χ0n) is 18.2. The third-order valence-electron chi connectivity index (χ3n) is 5.37. The quantitative estimate of drug-likeness (QED) is 0.519. The van der Waals surface area contributed by atoms with Crippen LogP contribution in [0.25, 0.3) is 10.6 Å². The van der Waals surface area contributed by atoms with Crippen LogP contribution in [0.3, 0.4) is 0 Å². The maximum absolute atomic E-state index is 13.3. The van der Waals surface area contributed by atoms with E-state index in [1.807, 2.05) is 17.5 Å². The van der Waals surface area contributed by atoms with Gasteiger partial charge >= 0.3 is 0 Å². The van der Waals surface area contributed by atoms with E-state index in [0.29, 0.717) is 30.0 Å². The standard InChI is InChI=1S/C22H24N4O5S2/c1-30-19-8-7-17(11-20(19)31-2)33(28,29)26-10-4-6-18(26)21(27)24-13-16-14-32-22(25-16)15-5-3-9-23-12-15/h3,5,7-9,11-12,14,18H,4,6,10,13H2,1-2H3,(H,24,27). The Balaban J connectivity index is 1.46. The second-order valence-corrected chi connectivity index (χ2v) is 10.1. The van der Waals surface area contributed by atoms with Crippen LogP contribution in [0, 0.1) is 0 Å². The molecule has 1 saturated heterocycles. The molecule has 11 heteroatoms. The van der Waals surface area contributed by atoms with Crippen molar-refractivity contribution in [2.45, 2.75) is 30.3 Å². The van der Waals surface area contributed by atoms with Gasteiger partial charge in [0, 0.05) is 35.9 Å². The zero-order chi connectivity index (χ0) is 23.4. The van der Waals surface area contributed by atoms with Crippen LogP contribution in [0.15, 0.2) is 53.0 Å². The molecule has 0 saturated carbocycles. The Kier molecular flexibility index (Phi) is 6.91. The van der Waals surface area contributed by atoms with Gasteiger partial charge in [-0.05, 0) is 37.1 Å². The maximum Gasteiger partial charge on any atom is 0.243 e. The fourth-order valence-corrected chi connectivity index (χ4v) is 6.19. The molecule has 33 heavy (non-hydrogen) atoms. The Morgan fingerprint density at radius 3 is 2.79 bits per heavy atom. The van der Waals surface area contributed by atoms with Crippen LogP contribution in [-0.4, -0.2) is 55.4 Å². The number of amides is 1. The topological polar surface area (TPSA) is 111 Å². The van der Waals surface area contributed by atoms with Crippen molar-refractivity contribution in [1.82, 2.24) is 19.6 Å². The lowest BCUT2D eigenvalue weighted by Crippen LogP contribution is -2.45. The van der Waals surface area contributed by atoms with E-state index in [0.717, 1.165) is 10.6 Å². The Hall–Kier alpha value is -3.02. The average Bonchev–Trinajstić information content (AvgIpc) is 3.53. The van der Waals surface area contributed by atoms with Crippen molar-refractivity contribution >= 4 is 27.3 Å². The molecule has 1 amide bonds. The molecule has 1 unspecified atom stereocenters. The second-order valence-electron chi connectivity index (χ2n) is 7.39. The molecule has 1 fully saturated rings. The van der Waals surface area contributed by atoms with Crippen LogP contribution in [0.2, 0.25) is 0 Å². The van der Waals surface area contributed by atoms with Gasteiger partial charge in [-0.25, -0.2) is 13.4 Å². The van der Waals surface area contributed by atoms with Crippen LogP contribution in [-0.2, 0) is 21.4 Å². The van der Waals surface area contributed by atoms with E-state index in [9.17, 15) is 13.2 Å². The number of hydrogen-bond acceptors (Lipinski definition) is 8. The molecule has 9 nitrogen and oxygen atoms in total. The van der Waals surface area contributed by atoms with Gasteiger partial charge in [-0.2, -0.15) is 4.31 Å². The van der Waals surface area contributed by atoms with E-state index in [4.69, 9.17) is 9.47 Å². The van der Waals surface area contributed by atoms with Crippen LogP contribution in [0.1, 0.15) is 18.5 Å². The number of carbonyl (C=O) groups is 1. The number of ether oxygens (including phenoxy) is 2. The van der Waals surface area contributed by atoms with Gasteiger partial charge in [0.05, 0.1) is 31.4 Å². The number of nitrogens with zero attached hydrogens (tertiary/aromatic N) is 3. The number of aromatic nitrogens is 2. The summed E-state index contributed by atoms with van der Waals surface area (Å²) in [6.45, 7) is 0.493. The zero-order valence-corrected chi connectivity index (χ0v) is 19.9. The first kappa shape index (κ1) is 23.1. The van der Waals surface area contributed by atoms with Crippen molar-refractivity contribution in [3.63, 3.8) is 0 Å². The SMILES string of the molecule is COc1ccc(S(=O)(=O)N2CCCC2C(=O)NCc2csc(-c3cccnc3)n2)cc1OC. The number of pyridine rings is 1. The lowest BCUT2D eigenvalue weighted by atomic mass is 10.2. The highest BCUT2D eigenvalue weighted by Gasteiger charge is 2.39. The molecule has 4 rings (SSSR count). The van der Waals surface area contributed by atoms with Gasteiger partial charge in [-0.1, -0.05) is 0 Å². The van der Waals surface area contributed by atoms with Crippen LogP contribution >= 0.6 is 11.3 Å². The van der Waals surface area contributed by atoms with Gasteiger partial charge in [0.25, 0.3) is 0 Å². The Morgan fingerprint density at radius 1 is 1.24 bits per heavy atom. The van der Waals surface area contributed by atoms with E-state index < -0.39 is 16.1 Å². The van der Waals surface area contributed by atoms with Crippen molar-refractivity contribution in [3.8, 4) is 22.1 Å². The molecule has 0 aliphatic carbocycles. The van der Waals surface area contributed by atoms with Gasteiger partial charge < -0.3 is 14.8 Å². The third kappa shape index (κ3) is 4.85. The van der Waals surface area contributed by atoms with Crippen LogP contribution in [0.5, 0.6) is 11.5 Å². The molecule has 1 atom stereocenters. The van der Waals surface area contributed by atoms with Gasteiger partial charge in [0.15, 0.2) is 11.5 Å². The molecule has 1 aliphatic rings.